The van der Waals surface area contributed by atoms with Crippen LogP contribution in [0, 0.1) is 11.1 Å². The van der Waals surface area contributed by atoms with Gasteiger partial charge in [-0.2, -0.15) is 4.73 Å². The third kappa shape index (κ3) is 7.92. The van der Waals surface area contributed by atoms with Crippen molar-refractivity contribution >= 4 is 35.1 Å². The summed E-state index contributed by atoms with van der Waals surface area (Å²) in [4.78, 5) is 29.4. The smallest absolute Gasteiger partial charge is 0.335 e. The maximum Gasteiger partial charge on any atom is 0.335 e. The van der Waals surface area contributed by atoms with Crippen molar-refractivity contribution in [3.05, 3.63) is 122 Å². The Morgan fingerprint density at radius 3 is 2.27 bits per heavy atom. The fourth-order valence-electron chi connectivity index (χ4n) is 7.45. The molecule has 11 nitrogen and oxygen atoms in total. The number of esters is 1. The summed E-state index contributed by atoms with van der Waals surface area (Å²) >= 11 is 13.2. The highest BCUT2D eigenvalue weighted by Crippen LogP contribution is 2.40. The summed E-state index contributed by atoms with van der Waals surface area (Å²) in [5.74, 6) is -0.504. The number of fused-ring (bicyclic) bond motifs is 3. The van der Waals surface area contributed by atoms with E-state index in [2.05, 4.69) is 10.2 Å². The molecular formula is C39H41Cl2N3O8. The van der Waals surface area contributed by atoms with E-state index in [9.17, 15) is 19.9 Å². The van der Waals surface area contributed by atoms with Crippen LogP contribution >= 0.6 is 23.2 Å². The van der Waals surface area contributed by atoms with Crippen LogP contribution in [0.4, 0.5) is 0 Å². The molecule has 13 heteroatoms. The number of aromatic nitrogens is 1. The first-order valence-corrected chi connectivity index (χ1v) is 17.8. The molecule has 1 aromatic heterocycles. The van der Waals surface area contributed by atoms with Gasteiger partial charge < -0.3 is 29.3 Å². The second kappa shape index (κ2) is 16.4. The number of carbonyl (C=O) groups excluding carboxylic acids is 1. The second-order valence-electron chi connectivity index (χ2n) is 13.0. The Morgan fingerprint density at radius 1 is 0.942 bits per heavy atom. The summed E-state index contributed by atoms with van der Waals surface area (Å²) < 4.78 is 23.5. The highest BCUT2D eigenvalue weighted by Gasteiger charge is 2.38. The fraction of sp³-hybridized carbons (Fsp3) is 0.359. The normalized spacial score (nSPS) is 19.1. The summed E-state index contributed by atoms with van der Waals surface area (Å²) in [5.41, 5.74) is 2.86. The van der Waals surface area contributed by atoms with Crippen LogP contribution in [0.3, 0.4) is 0 Å². The molecule has 2 bridgehead atoms. The molecule has 0 aliphatic carbocycles. The summed E-state index contributed by atoms with van der Waals surface area (Å²) in [6.45, 7) is 2.79. The van der Waals surface area contributed by atoms with Crippen LogP contribution in [0.15, 0.2) is 73.1 Å². The van der Waals surface area contributed by atoms with Crippen molar-refractivity contribution < 1.29 is 38.4 Å². The third-order valence-corrected chi connectivity index (χ3v) is 10.7. The number of rotatable bonds is 14. The first kappa shape index (κ1) is 37.2. The van der Waals surface area contributed by atoms with Gasteiger partial charge >= 0.3 is 11.9 Å². The highest BCUT2D eigenvalue weighted by atomic mass is 35.5. The van der Waals surface area contributed by atoms with E-state index in [-0.39, 0.29) is 34.7 Å². The number of carbonyl (C=O) groups is 2. The van der Waals surface area contributed by atoms with E-state index >= 15 is 0 Å². The van der Waals surface area contributed by atoms with Crippen LogP contribution in [0.2, 0.25) is 10.0 Å². The van der Waals surface area contributed by atoms with E-state index in [1.165, 1.54) is 32.7 Å². The summed E-state index contributed by atoms with van der Waals surface area (Å²) in [6, 6.07) is 16.7. The average molecular weight is 751 g/mol. The van der Waals surface area contributed by atoms with Crippen molar-refractivity contribution in [1.29, 1.82) is 0 Å². The number of hydrogen-bond donors (Lipinski definition) is 2. The number of ether oxygens (including phenoxy) is 4. The molecule has 0 radical (unpaired) electrons. The predicted molar refractivity (Wildman–Crippen MR) is 196 cm³/mol. The third-order valence-electron chi connectivity index (χ3n) is 10.1. The molecule has 0 amide bonds. The number of benzene rings is 3. The van der Waals surface area contributed by atoms with Gasteiger partial charge in [0.2, 0.25) is 0 Å². The first-order chi connectivity index (χ1) is 25.1. The SMILES string of the molecule is COc1ccc([C@H](Cc2c(Cl)c[n+]([O-])cc2Cl)c2c(CNC(C(=O)O[C@H]3CN4CCC3CC4)c3ccccc3OC)cccc2C(=O)O)cc1OC. The zero-order chi connectivity index (χ0) is 36.9. The zero-order valence-corrected chi connectivity index (χ0v) is 30.7. The largest absolute Gasteiger partial charge is 0.619 e. The molecule has 52 heavy (non-hydrogen) atoms. The van der Waals surface area contributed by atoms with Gasteiger partial charge in [-0.05, 0) is 79.2 Å². The molecule has 2 N–H and O–H groups in total. The lowest BCUT2D eigenvalue weighted by atomic mass is 9.80. The van der Waals surface area contributed by atoms with Gasteiger partial charge in [-0.25, -0.2) is 9.59 Å². The van der Waals surface area contributed by atoms with Gasteiger partial charge in [-0.15, -0.1) is 0 Å². The minimum atomic E-state index is -1.15. The van der Waals surface area contributed by atoms with Crippen molar-refractivity contribution in [3.63, 3.8) is 0 Å². The van der Waals surface area contributed by atoms with Gasteiger partial charge in [0, 0.05) is 30.1 Å². The summed E-state index contributed by atoms with van der Waals surface area (Å²) in [5, 5.41) is 26.4. The number of nitrogens with zero attached hydrogens (tertiary/aromatic N) is 2. The van der Waals surface area contributed by atoms with Gasteiger partial charge in [0.25, 0.3) is 0 Å². The standard InChI is InChI=1S/C39H41Cl2N3O8/c1-49-32-10-5-4-8-26(32)37(39(47)52-35-22-43-15-13-23(35)14-16-43)42-19-25-7-6-9-27(38(45)46)36(25)28(18-29-30(40)20-44(48)21-31(29)41)24-11-12-33(50-2)34(17-24)51-3/h4-12,17,20-21,23,28,35,37,42H,13-16,18-19,22H2,1-3H3,(H,45,46)/t28-,35-,37?/m0/s1. The van der Waals surface area contributed by atoms with Crippen molar-refractivity contribution in [3.8, 4) is 17.2 Å². The topological polar surface area (TPSA) is 134 Å². The highest BCUT2D eigenvalue weighted by molar-refractivity contribution is 6.35. The molecule has 4 aromatic rings. The van der Waals surface area contributed by atoms with Gasteiger partial charge in [-0.1, -0.05) is 59.6 Å². The lowest BCUT2D eigenvalue weighted by Gasteiger charge is -2.44. The number of methoxy groups -OCH3 is 3. The Labute approximate surface area is 312 Å². The van der Waals surface area contributed by atoms with E-state index < -0.39 is 23.9 Å². The molecule has 3 aliphatic heterocycles. The number of carboxylic acid groups (broad SMARTS) is 1. The van der Waals surface area contributed by atoms with Crippen LogP contribution in [-0.4, -0.2) is 69.0 Å². The van der Waals surface area contributed by atoms with Gasteiger partial charge in [0.05, 0.1) is 26.9 Å². The van der Waals surface area contributed by atoms with E-state index in [1.54, 1.807) is 31.4 Å². The Bertz CT molecular complexity index is 1910. The van der Waals surface area contributed by atoms with Crippen LogP contribution in [0.25, 0.3) is 0 Å². The molecule has 7 rings (SSSR count). The number of hydrogen-bond acceptors (Lipinski definition) is 9. The number of carboxylic acids is 1. The monoisotopic (exact) mass is 749 g/mol. The van der Waals surface area contributed by atoms with Gasteiger partial charge in [0.15, 0.2) is 23.9 Å². The number of piperidine rings is 3. The molecule has 3 aliphatic rings. The number of aromatic carboxylic acids is 1. The van der Waals surface area contributed by atoms with Crippen LogP contribution in [0.1, 0.15) is 63.0 Å². The Kier molecular flexibility index (Phi) is 11.7. The molecule has 1 unspecified atom stereocenters. The second-order valence-corrected chi connectivity index (χ2v) is 13.8. The van der Waals surface area contributed by atoms with Crippen LogP contribution in [0.5, 0.6) is 17.2 Å². The maximum atomic E-state index is 14.1. The Balaban J connectivity index is 1.43. The molecule has 3 fully saturated rings. The molecule has 3 saturated heterocycles. The van der Waals surface area contributed by atoms with E-state index in [0.717, 1.165) is 25.9 Å². The predicted octanol–water partition coefficient (Wildman–Crippen LogP) is 6.19. The molecule has 0 spiro atoms. The van der Waals surface area contributed by atoms with E-state index in [0.29, 0.717) is 62.3 Å². The summed E-state index contributed by atoms with van der Waals surface area (Å²) in [7, 11) is 4.59. The van der Waals surface area contributed by atoms with Crippen molar-refractivity contribution in [2.75, 3.05) is 41.0 Å². The molecule has 3 atom stereocenters. The molecule has 0 saturated carbocycles. The molecule has 3 aromatic carbocycles. The lowest BCUT2D eigenvalue weighted by molar-refractivity contribution is -0.605. The molecule has 4 heterocycles. The first-order valence-electron chi connectivity index (χ1n) is 17.0. The Hall–Kier alpha value is -4.55. The zero-order valence-electron chi connectivity index (χ0n) is 29.1. The van der Waals surface area contributed by atoms with Gasteiger partial charge in [-0.3, -0.25) is 10.2 Å². The number of halogens is 2. The van der Waals surface area contributed by atoms with Gasteiger partial charge in [0.1, 0.15) is 27.9 Å². The van der Waals surface area contributed by atoms with Crippen molar-refractivity contribution in [2.24, 2.45) is 5.92 Å². The average Bonchev–Trinajstić information content (AvgIpc) is 3.15. The minimum absolute atomic E-state index is 0.0462. The number of pyridine rings is 1. The van der Waals surface area contributed by atoms with Crippen LogP contribution < -0.4 is 24.3 Å². The van der Waals surface area contributed by atoms with E-state index in [4.69, 9.17) is 42.1 Å². The lowest BCUT2D eigenvalue weighted by Crippen LogP contribution is -2.52. The Morgan fingerprint density at radius 2 is 1.63 bits per heavy atom. The molecular weight excluding hydrogens is 709 g/mol. The number of nitrogens with one attached hydrogen (secondary N) is 1. The maximum absolute atomic E-state index is 14.1. The van der Waals surface area contributed by atoms with E-state index in [1.807, 2.05) is 30.3 Å². The summed E-state index contributed by atoms with van der Waals surface area (Å²) in [6.07, 6.45) is 4.29. The fourth-order valence-corrected chi connectivity index (χ4v) is 8.05. The van der Waals surface area contributed by atoms with Crippen molar-refractivity contribution in [2.45, 2.75) is 43.9 Å². The quantitative estimate of drug-likeness (QED) is 0.0873. The number of para-hydroxylation sites is 1. The minimum Gasteiger partial charge on any atom is -0.619 e. The molecule has 274 valence electrons. The van der Waals surface area contributed by atoms with Crippen LogP contribution in [-0.2, 0) is 22.5 Å². The van der Waals surface area contributed by atoms with Crippen molar-refractivity contribution in [1.82, 2.24) is 10.2 Å².